The van der Waals surface area contributed by atoms with Gasteiger partial charge in [-0.3, -0.25) is 4.79 Å². The van der Waals surface area contributed by atoms with E-state index in [1.54, 1.807) is 14.2 Å². The second kappa shape index (κ2) is 5.26. The highest BCUT2D eigenvalue weighted by atomic mass is 79.9. The SMILES string of the molecule is COc1cc2c(cc1OC)[C@]13C(=CC(=O)N1CC2)CCC[C@@H]3Br. The summed E-state index contributed by atoms with van der Waals surface area (Å²) in [5, 5.41) is 0. The molecule has 0 radical (unpaired) electrons. The van der Waals surface area contributed by atoms with Gasteiger partial charge in [-0.25, -0.2) is 0 Å². The van der Waals surface area contributed by atoms with Crippen molar-refractivity contribution in [1.82, 2.24) is 4.90 Å². The van der Waals surface area contributed by atoms with E-state index < -0.39 is 0 Å². The van der Waals surface area contributed by atoms with E-state index in [-0.39, 0.29) is 16.3 Å². The molecule has 0 aromatic heterocycles. The molecule has 3 aliphatic rings. The monoisotopic (exact) mass is 377 g/mol. The Bertz CT molecular complexity index is 714. The molecule has 23 heavy (non-hydrogen) atoms. The van der Waals surface area contributed by atoms with Crippen LogP contribution >= 0.6 is 15.9 Å². The molecule has 0 unspecified atom stereocenters. The number of amides is 1. The number of rotatable bonds is 2. The second-order valence-electron chi connectivity index (χ2n) is 6.40. The van der Waals surface area contributed by atoms with Gasteiger partial charge in [-0.1, -0.05) is 15.9 Å². The van der Waals surface area contributed by atoms with Crippen molar-refractivity contribution in [2.24, 2.45) is 0 Å². The normalized spacial score (nSPS) is 28.7. The Labute approximate surface area is 144 Å². The van der Waals surface area contributed by atoms with E-state index in [0.29, 0.717) is 0 Å². The Hall–Kier alpha value is -1.49. The van der Waals surface area contributed by atoms with Gasteiger partial charge in [-0.15, -0.1) is 0 Å². The van der Waals surface area contributed by atoms with Crippen LogP contribution in [0.4, 0.5) is 0 Å². The molecule has 1 amide bonds. The summed E-state index contributed by atoms with van der Waals surface area (Å²) in [4.78, 5) is 14.9. The first-order valence-electron chi connectivity index (χ1n) is 8.05. The van der Waals surface area contributed by atoms with Crippen molar-refractivity contribution in [3.05, 3.63) is 34.9 Å². The number of ether oxygens (including phenoxy) is 2. The fourth-order valence-corrected chi connectivity index (χ4v) is 5.60. The molecule has 5 heteroatoms. The van der Waals surface area contributed by atoms with Crippen molar-refractivity contribution >= 4 is 21.8 Å². The zero-order valence-electron chi connectivity index (χ0n) is 13.4. The first-order valence-corrected chi connectivity index (χ1v) is 8.96. The third-order valence-electron chi connectivity index (χ3n) is 5.46. The molecule has 2 aliphatic heterocycles. The van der Waals surface area contributed by atoms with E-state index in [1.165, 1.54) is 16.7 Å². The third-order valence-corrected chi connectivity index (χ3v) is 6.58. The molecule has 2 atom stereocenters. The summed E-state index contributed by atoms with van der Waals surface area (Å²) < 4.78 is 11.0. The average molecular weight is 378 g/mol. The summed E-state index contributed by atoms with van der Waals surface area (Å²) in [6, 6.07) is 4.15. The highest BCUT2D eigenvalue weighted by Crippen LogP contribution is 2.56. The molecule has 4 rings (SSSR count). The van der Waals surface area contributed by atoms with E-state index in [9.17, 15) is 4.79 Å². The Kier molecular flexibility index (Phi) is 3.45. The minimum absolute atomic E-state index is 0.145. The van der Waals surface area contributed by atoms with Gasteiger partial charge in [0, 0.05) is 17.4 Å². The van der Waals surface area contributed by atoms with E-state index in [0.717, 1.165) is 43.7 Å². The quantitative estimate of drug-likeness (QED) is 0.743. The van der Waals surface area contributed by atoms with Crippen LogP contribution in [0, 0.1) is 0 Å². The summed E-state index contributed by atoms with van der Waals surface area (Å²) in [7, 11) is 3.32. The third kappa shape index (κ3) is 1.86. The highest BCUT2D eigenvalue weighted by molar-refractivity contribution is 9.09. The van der Waals surface area contributed by atoms with Gasteiger partial charge in [0.25, 0.3) is 0 Å². The number of alkyl halides is 1. The lowest BCUT2D eigenvalue weighted by Gasteiger charge is -2.51. The van der Waals surface area contributed by atoms with E-state index in [4.69, 9.17) is 9.47 Å². The van der Waals surface area contributed by atoms with Gasteiger partial charge in [-0.2, -0.15) is 0 Å². The van der Waals surface area contributed by atoms with Crippen molar-refractivity contribution in [2.75, 3.05) is 20.8 Å². The Balaban J connectivity index is 1.98. The number of hydrogen-bond donors (Lipinski definition) is 0. The number of fused-ring (bicyclic) bond motifs is 1. The van der Waals surface area contributed by atoms with Gasteiger partial charge >= 0.3 is 0 Å². The van der Waals surface area contributed by atoms with Crippen LogP contribution in [-0.4, -0.2) is 36.4 Å². The standard InChI is InChI=1S/C18H20BrNO3/c1-22-14-8-11-6-7-20-17(21)9-12-4-3-5-16(19)18(12,20)13(11)10-15(14)23-2/h8-10,16H,3-7H2,1-2H3/t16-,18-/m0/s1. The van der Waals surface area contributed by atoms with Gasteiger partial charge < -0.3 is 14.4 Å². The summed E-state index contributed by atoms with van der Waals surface area (Å²) in [6.45, 7) is 0.753. The number of carbonyl (C=O) groups excluding carboxylic acids is 1. The van der Waals surface area contributed by atoms with Crippen LogP contribution in [0.15, 0.2) is 23.8 Å². The molecule has 1 aliphatic carbocycles. The first kappa shape index (κ1) is 15.1. The smallest absolute Gasteiger partial charge is 0.247 e. The van der Waals surface area contributed by atoms with E-state index in [1.807, 2.05) is 6.08 Å². The lowest BCUT2D eigenvalue weighted by molar-refractivity contribution is -0.129. The average Bonchev–Trinajstić information content (AvgIpc) is 2.87. The zero-order valence-corrected chi connectivity index (χ0v) is 15.0. The first-order chi connectivity index (χ1) is 11.1. The Morgan fingerprint density at radius 2 is 1.96 bits per heavy atom. The number of benzene rings is 1. The molecule has 0 N–H and O–H groups in total. The lowest BCUT2D eigenvalue weighted by atomic mass is 9.69. The summed E-state index contributed by atoms with van der Waals surface area (Å²) in [5.41, 5.74) is 3.34. The number of halogens is 1. The number of nitrogens with zero attached hydrogens (tertiary/aromatic N) is 1. The summed E-state index contributed by atoms with van der Waals surface area (Å²) >= 11 is 3.90. The summed E-state index contributed by atoms with van der Waals surface area (Å²) in [5.74, 6) is 1.63. The molecule has 4 nitrogen and oxygen atoms in total. The molecule has 1 aromatic rings. The zero-order chi connectivity index (χ0) is 16.2. The second-order valence-corrected chi connectivity index (χ2v) is 7.51. The van der Waals surface area contributed by atoms with Crippen molar-refractivity contribution in [1.29, 1.82) is 0 Å². The van der Waals surface area contributed by atoms with Crippen molar-refractivity contribution in [3.63, 3.8) is 0 Å². The van der Waals surface area contributed by atoms with Crippen molar-refractivity contribution < 1.29 is 14.3 Å². The van der Waals surface area contributed by atoms with Crippen molar-refractivity contribution in [3.8, 4) is 11.5 Å². The van der Waals surface area contributed by atoms with E-state index in [2.05, 4.69) is 33.0 Å². The maximum absolute atomic E-state index is 12.6. The fourth-order valence-electron chi connectivity index (χ4n) is 4.49. The van der Waals surface area contributed by atoms with Gasteiger partial charge in [0.2, 0.25) is 5.91 Å². The maximum atomic E-state index is 12.6. The molecule has 1 aromatic carbocycles. The molecule has 0 saturated heterocycles. The van der Waals surface area contributed by atoms with Crippen LogP contribution in [0.5, 0.6) is 11.5 Å². The van der Waals surface area contributed by atoms with Crippen LogP contribution in [0.3, 0.4) is 0 Å². The topological polar surface area (TPSA) is 38.8 Å². The predicted molar refractivity (Wildman–Crippen MR) is 91.3 cm³/mol. The molecular formula is C18H20BrNO3. The van der Waals surface area contributed by atoms with E-state index >= 15 is 0 Å². The van der Waals surface area contributed by atoms with Crippen LogP contribution in [0.1, 0.15) is 30.4 Å². The fraction of sp³-hybridized carbons (Fsp3) is 0.500. The highest BCUT2D eigenvalue weighted by Gasteiger charge is 2.56. The van der Waals surface area contributed by atoms with Gasteiger partial charge in [0.1, 0.15) is 5.54 Å². The number of carbonyl (C=O) groups is 1. The van der Waals surface area contributed by atoms with Gasteiger partial charge in [-0.05, 0) is 54.5 Å². The largest absolute Gasteiger partial charge is 0.493 e. The Morgan fingerprint density at radius 1 is 1.22 bits per heavy atom. The molecule has 0 bridgehead atoms. The molecule has 2 heterocycles. The van der Waals surface area contributed by atoms with Gasteiger partial charge in [0.05, 0.1) is 14.2 Å². The van der Waals surface area contributed by atoms with Crippen molar-refractivity contribution in [2.45, 2.75) is 36.0 Å². The van der Waals surface area contributed by atoms with Crippen LogP contribution in [0.25, 0.3) is 0 Å². The minimum atomic E-state index is -0.345. The number of methoxy groups -OCH3 is 2. The number of hydrogen-bond acceptors (Lipinski definition) is 3. The van der Waals surface area contributed by atoms with Crippen LogP contribution < -0.4 is 9.47 Å². The maximum Gasteiger partial charge on any atom is 0.247 e. The molecule has 1 spiro atoms. The predicted octanol–water partition coefficient (Wildman–Crippen LogP) is 3.17. The van der Waals surface area contributed by atoms with Crippen LogP contribution in [-0.2, 0) is 16.8 Å². The summed E-state index contributed by atoms with van der Waals surface area (Å²) in [6.07, 6.45) is 5.88. The Morgan fingerprint density at radius 3 is 2.70 bits per heavy atom. The minimum Gasteiger partial charge on any atom is -0.493 e. The lowest BCUT2D eigenvalue weighted by Crippen LogP contribution is -2.56. The van der Waals surface area contributed by atoms with Crippen LogP contribution in [0.2, 0.25) is 0 Å². The van der Waals surface area contributed by atoms with Gasteiger partial charge in [0.15, 0.2) is 11.5 Å². The molecule has 122 valence electrons. The molecular weight excluding hydrogens is 358 g/mol. The molecule has 1 saturated carbocycles. The molecule has 1 fully saturated rings.